The molecule has 2 aromatic heterocycles. The molecule has 0 saturated carbocycles. The van der Waals surface area contributed by atoms with Crippen LogP contribution in [0.15, 0.2) is 54.6 Å². The molecular weight excluding hydrogens is 282 g/mol. The van der Waals surface area contributed by atoms with Crippen LogP contribution in [0.4, 0.5) is 0 Å². The normalized spacial score (nSPS) is 11.3. The molecule has 4 rings (SSSR count). The fraction of sp³-hybridized carbons (Fsp3) is 0.150. The maximum Gasteiger partial charge on any atom is 0.104 e. The van der Waals surface area contributed by atoms with E-state index in [-0.39, 0.29) is 0 Å². The number of hydrogen-bond donors (Lipinski definition) is 1. The minimum absolute atomic E-state index is 0.949. The SMILES string of the molecule is Cc1nc2ccc(-c3cccc(-n4c(C)ccc4C)c3)cc2[nH]1. The van der Waals surface area contributed by atoms with Gasteiger partial charge in [-0.25, -0.2) is 4.98 Å². The lowest BCUT2D eigenvalue weighted by atomic mass is 10.0. The van der Waals surface area contributed by atoms with Gasteiger partial charge in [0.2, 0.25) is 0 Å². The first-order valence-electron chi connectivity index (χ1n) is 7.84. The summed E-state index contributed by atoms with van der Waals surface area (Å²) in [5.74, 6) is 0.949. The topological polar surface area (TPSA) is 33.6 Å². The Balaban J connectivity index is 1.84. The van der Waals surface area contributed by atoms with Crippen LogP contribution in [0, 0.1) is 20.8 Å². The molecule has 23 heavy (non-hydrogen) atoms. The highest BCUT2D eigenvalue weighted by Crippen LogP contribution is 2.26. The van der Waals surface area contributed by atoms with Crippen molar-refractivity contribution in [2.24, 2.45) is 0 Å². The Morgan fingerprint density at radius 3 is 2.35 bits per heavy atom. The molecule has 0 saturated heterocycles. The Labute approximate surface area is 135 Å². The van der Waals surface area contributed by atoms with E-state index < -0.39 is 0 Å². The molecule has 4 aromatic rings. The van der Waals surface area contributed by atoms with Gasteiger partial charge in [-0.15, -0.1) is 0 Å². The van der Waals surface area contributed by atoms with Crippen molar-refractivity contribution in [1.82, 2.24) is 14.5 Å². The van der Waals surface area contributed by atoms with Crippen LogP contribution in [0.5, 0.6) is 0 Å². The van der Waals surface area contributed by atoms with Crippen LogP contribution in [-0.2, 0) is 0 Å². The first-order chi connectivity index (χ1) is 11.1. The molecule has 3 nitrogen and oxygen atoms in total. The number of imidazole rings is 1. The first kappa shape index (κ1) is 13.8. The van der Waals surface area contributed by atoms with E-state index in [1.807, 2.05) is 6.92 Å². The number of aromatic amines is 1. The average molecular weight is 301 g/mol. The zero-order valence-electron chi connectivity index (χ0n) is 13.6. The molecule has 0 atom stereocenters. The van der Waals surface area contributed by atoms with Crippen molar-refractivity contribution in [1.29, 1.82) is 0 Å². The molecule has 0 aliphatic heterocycles. The minimum atomic E-state index is 0.949. The van der Waals surface area contributed by atoms with Crippen molar-refractivity contribution in [3.63, 3.8) is 0 Å². The van der Waals surface area contributed by atoms with Crippen LogP contribution >= 0.6 is 0 Å². The van der Waals surface area contributed by atoms with Gasteiger partial charge < -0.3 is 9.55 Å². The van der Waals surface area contributed by atoms with Crippen molar-refractivity contribution >= 4 is 11.0 Å². The molecule has 0 aliphatic rings. The second-order valence-corrected chi connectivity index (χ2v) is 6.06. The van der Waals surface area contributed by atoms with Crippen LogP contribution in [-0.4, -0.2) is 14.5 Å². The lowest BCUT2D eigenvalue weighted by Gasteiger charge is -2.11. The predicted octanol–water partition coefficient (Wildman–Crippen LogP) is 4.95. The van der Waals surface area contributed by atoms with Gasteiger partial charge in [-0.05, 0) is 68.3 Å². The zero-order valence-corrected chi connectivity index (χ0v) is 13.6. The highest BCUT2D eigenvalue weighted by Gasteiger charge is 2.07. The van der Waals surface area contributed by atoms with E-state index in [0.29, 0.717) is 0 Å². The van der Waals surface area contributed by atoms with Gasteiger partial charge >= 0.3 is 0 Å². The number of nitrogens with one attached hydrogen (secondary N) is 1. The van der Waals surface area contributed by atoms with Gasteiger partial charge in [0.25, 0.3) is 0 Å². The summed E-state index contributed by atoms with van der Waals surface area (Å²) in [5.41, 5.74) is 8.20. The van der Waals surface area contributed by atoms with Crippen LogP contribution in [0.25, 0.3) is 27.8 Å². The number of H-pyrrole nitrogens is 1. The Bertz CT molecular complexity index is 985. The van der Waals surface area contributed by atoms with Crippen LogP contribution in [0.2, 0.25) is 0 Å². The third-order valence-corrected chi connectivity index (χ3v) is 4.31. The molecule has 0 fully saturated rings. The number of benzene rings is 2. The van der Waals surface area contributed by atoms with Gasteiger partial charge in [0.15, 0.2) is 0 Å². The van der Waals surface area contributed by atoms with Crippen LogP contribution < -0.4 is 0 Å². The number of nitrogens with zero attached hydrogens (tertiary/aromatic N) is 2. The van der Waals surface area contributed by atoms with Crippen molar-refractivity contribution in [2.45, 2.75) is 20.8 Å². The van der Waals surface area contributed by atoms with Crippen LogP contribution in [0.1, 0.15) is 17.2 Å². The summed E-state index contributed by atoms with van der Waals surface area (Å²) >= 11 is 0. The molecule has 0 unspecified atom stereocenters. The number of fused-ring (bicyclic) bond motifs is 1. The van der Waals surface area contributed by atoms with E-state index in [2.05, 4.69) is 83.0 Å². The predicted molar refractivity (Wildman–Crippen MR) is 95.1 cm³/mol. The van der Waals surface area contributed by atoms with Gasteiger partial charge in [-0.2, -0.15) is 0 Å². The summed E-state index contributed by atoms with van der Waals surface area (Å²) in [4.78, 5) is 7.78. The maximum absolute atomic E-state index is 4.47. The van der Waals surface area contributed by atoms with E-state index in [1.165, 1.54) is 28.2 Å². The van der Waals surface area contributed by atoms with E-state index in [1.54, 1.807) is 0 Å². The Hall–Kier alpha value is -2.81. The summed E-state index contributed by atoms with van der Waals surface area (Å²) in [5, 5.41) is 0. The zero-order chi connectivity index (χ0) is 16.0. The highest BCUT2D eigenvalue weighted by atomic mass is 15.0. The number of rotatable bonds is 2. The first-order valence-corrected chi connectivity index (χ1v) is 7.84. The molecule has 114 valence electrons. The van der Waals surface area contributed by atoms with Gasteiger partial charge in [-0.3, -0.25) is 0 Å². The smallest absolute Gasteiger partial charge is 0.104 e. The van der Waals surface area contributed by atoms with Crippen molar-refractivity contribution in [3.05, 3.63) is 71.8 Å². The summed E-state index contributed by atoms with van der Waals surface area (Å²) in [7, 11) is 0. The van der Waals surface area contributed by atoms with Crippen LogP contribution in [0.3, 0.4) is 0 Å². The summed E-state index contributed by atoms with van der Waals surface area (Å²) in [6.07, 6.45) is 0. The van der Waals surface area contributed by atoms with Crippen molar-refractivity contribution in [3.8, 4) is 16.8 Å². The van der Waals surface area contributed by atoms with E-state index in [9.17, 15) is 0 Å². The third-order valence-electron chi connectivity index (χ3n) is 4.31. The molecule has 0 spiro atoms. The largest absolute Gasteiger partial charge is 0.342 e. The lowest BCUT2D eigenvalue weighted by Crippen LogP contribution is -1.98. The van der Waals surface area contributed by atoms with E-state index in [0.717, 1.165) is 16.9 Å². The Morgan fingerprint density at radius 2 is 1.57 bits per heavy atom. The Kier molecular flexibility index (Phi) is 3.08. The van der Waals surface area contributed by atoms with Gasteiger partial charge in [0.05, 0.1) is 11.0 Å². The molecule has 3 heteroatoms. The second-order valence-electron chi connectivity index (χ2n) is 6.06. The number of aromatic nitrogens is 3. The van der Waals surface area contributed by atoms with Gasteiger partial charge in [0, 0.05) is 17.1 Å². The van der Waals surface area contributed by atoms with Crippen molar-refractivity contribution < 1.29 is 0 Å². The monoisotopic (exact) mass is 301 g/mol. The fourth-order valence-electron chi connectivity index (χ4n) is 3.22. The summed E-state index contributed by atoms with van der Waals surface area (Å²) in [6, 6.07) is 19.4. The lowest BCUT2D eigenvalue weighted by molar-refractivity contribution is 0.966. The molecule has 0 aliphatic carbocycles. The van der Waals surface area contributed by atoms with Crippen molar-refractivity contribution in [2.75, 3.05) is 0 Å². The van der Waals surface area contributed by atoms with Gasteiger partial charge in [-0.1, -0.05) is 18.2 Å². The quantitative estimate of drug-likeness (QED) is 0.558. The maximum atomic E-state index is 4.47. The summed E-state index contributed by atoms with van der Waals surface area (Å²) < 4.78 is 2.28. The molecule has 1 N–H and O–H groups in total. The molecule has 0 amide bonds. The number of aryl methyl sites for hydroxylation is 3. The molecule has 2 aromatic carbocycles. The van der Waals surface area contributed by atoms with Gasteiger partial charge in [0.1, 0.15) is 5.82 Å². The second kappa shape index (κ2) is 5.13. The fourth-order valence-corrected chi connectivity index (χ4v) is 3.22. The summed E-state index contributed by atoms with van der Waals surface area (Å²) in [6.45, 7) is 6.26. The molecule has 0 radical (unpaired) electrons. The van der Waals surface area contributed by atoms with E-state index in [4.69, 9.17) is 0 Å². The molecule has 0 bridgehead atoms. The third kappa shape index (κ3) is 2.34. The molecule has 2 heterocycles. The average Bonchev–Trinajstić information content (AvgIpc) is 3.08. The minimum Gasteiger partial charge on any atom is -0.342 e. The highest BCUT2D eigenvalue weighted by molar-refractivity contribution is 5.82. The van der Waals surface area contributed by atoms with E-state index >= 15 is 0 Å². The standard InChI is InChI=1S/C20H19N3/c1-13-7-8-14(2)23(13)18-6-4-5-16(11-18)17-9-10-19-20(12-17)22-15(3)21-19/h4-12H,1-3H3,(H,21,22). The number of hydrogen-bond acceptors (Lipinski definition) is 1. The Morgan fingerprint density at radius 1 is 0.826 bits per heavy atom. The molecular formula is C20H19N3.